The maximum absolute atomic E-state index is 12.1. The Morgan fingerprint density at radius 1 is 1.38 bits per heavy atom. The van der Waals surface area contributed by atoms with Crippen LogP contribution in [-0.4, -0.2) is 28.2 Å². The summed E-state index contributed by atoms with van der Waals surface area (Å²) in [5.41, 5.74) is 1.73. The van der Waals surface area contributed by atoms with E-state index < -0.39 is 4.33 Å². The van der Waals surface area contributed by atoms with Crippen LogP contribution in [0.2, 0.25) is 0 Å². The fourth-order valence-corrected chi connectivity index (χ4v) is 3.59. The summed E-state index contributed by atoms with van der Waals surface area (Å²) in [5, 5.41) is 0. The van der Waals surface area contributed by atoms with Crippen molar-refractivity contribution in [3.05, 3.63) is 35.4 Å². The van der Waals surface area contributed by atoms with Crippen molar-refractivity contribution in [1.29, 1.82) is 0 Å². The van der Waals surface area contributed by atoms with Gasteiger partial charge in [-0.25, -0.2) is 0 Å². The number of benzene rings is 1. The summed E-state index contributed by atoms with van der Waals surface area (Å²) in [6.07, 6.45) is 0.650. The zero-order valence-electron chi connectivity index (χ0n) is 8.78. The molecule has 0 N–H and O–H groups in total. The maximum Gasteiger partial charge on any atom is 0.254 e. The van der Waals surface area contributed by atoms with E-state index in [0.29, 0.717) is 6.42 Å². The average Bonchev–Trinajstić information content (AvgIpc) is 2.24. The number of amides is 1. The third-order valence-corrected chi connectivity index (χ3v) is 4.44. The molecule has 0 radical (unpaired) electrons. The van der Waals surface area contributed by atoms with Gasteiger partial charge in [-0.2, -0.15) is 0 Å². The van der Waals surface area contributed by atoms with Crippen molar-refractivity contribution in [3.63, 3.8) is 0 Å². The number of rotatable bonds is 0. The fraction of sp³-hybridized carbons (Fsp3) is 0.417. The van der Waals surface area contributed by atoms with Crippen LogP contribution in [0.15, 0.2) is 24.3 Å². The van der Waals surface area contributed by atoms with E-state index in [-0.39, 0.29) is 17.9 Å². The summed E-state index contributed by atoms with van der Waals surface area (Å²) >= 11 is 12.5. The van der Waals surface area contributed by atoms with E-state index in [0.717, 1.165) is 11.1 Å². The Morgan fingerprint density at radius 2 is 2.06 bits per heavy atom. The van der Waals surface area contributed by atoms with Gasteiger partial charge in [0, 0.05) is 31.0 Å². The zero-order valence-corrected chi connectivity index (χ0v) is 10.3. The van der Waals surface area contributed by atoms with Gasteiger partial charge in [0.2, 0.25) is 0 Å². The lowest BCUT2D eigenvalue weighted by Crippen LogP contribution is -2.60. The minimum atomic E-state index is -0.726. The number of halogens is 2. The van der Waals surface area contributed by atoms with Crippen LogP contribution in [-0.2, 0) is 0 Å². The van der Waals surface area contributed by atoms with Crippen molar-refractivity contribution in [2.75, 3.05) is 7.05 Å². The molecule has 0 spiro atoms. The van der Waals surface area contributed by atoms with Crippen LogP contribution in [0, 0.1) is 0 Å². The molecule has 1 heterocycles. The van der Waals surface area contributed by atoms with Crippen LogP contribution in [0.4, 0.5) is 0 Å². The second-order valence-corrected chi connectivity index (χ2v) is 6.06. The predicted octanol–water partition coefficient (Wildman–Crippen LogP) is 2.80. The van der Waals surface area contributed by atoms with Gasteiger partial charge < -0.3 is 4.90 Å². The molecule has 16 heavy (non-hydrogen) atoms. The highest BCUT2D eigenvalue weighted by molar-refractivity contribution is 6.50. The molecule has 1 aliphatic heterocycles. The first-order chi connectivity index (χ1) is 7.52. The van der Waals surface area contributed by atoms with Gasteiger partial charge in [0.1, 0.15) is 4.33 Å². The van der Waals surface area contributed by atoms with Gasteiger partial charge in [-0.05, 0) is 11.6 Å². The minimum Gasteiger partial charge on any atom is -0.338 e. The van der Waals surface area contributed by atoms with Gasteiger partial charge in [0.15, 0.2) is 0 Å². The predicted molar refractivity (Wildman–Crippen MR) is 64.1 cm³/mol. The minimum absolute atomic E-state index is 0.0507. The van der Waals surface area contributed by atoms with E-state index in [9.17, 15) is 4.79 Å². The van der Waals surface area contributed by atoms with Gasteiger partial charge in [-0.1, -0.05) is 18.2 Å². The normalized spacial score (nSPS) is 30.4. The summed E-state index contributed by atoms with van der Waals surface area (Å²) in [7, 11) is 1.82. The molecule has 2 nitrogen and oxygen atoms in total. The summed E-state index contributed by atoms with van der Waals surface area (Å²) in [6, 6.07) is 7.74. The summed E-state index contributed by atoms with van der Waals surface area (Å²) < 4.78 is -0.726. The number of carbonyl (C=O) groups is 1. The van der Waals surface area contributed by atoms with Crippen molar-refractivity contribution in [2.24, 2.45) is 0 Å². The van der Waals surface area contributed by atoms with Gasteiger partial charge in [-0.3, -0.25) is 4.79 Å². The first-order valence-corrected chi connectivity index (χ1v) is 6.02. The largest absolute Gasteiger partial charge is 0.338 e. The molecule has 1 aromatic rings. The third kappa shape index (κ3) is 1.17. The molecule has 2 aliphatic rings. The van der Waals surface area contributed by atoms with Crippen LogP contribution in [0.5, 0.6) is 0 Å². The fourth-order valence-electron chi connectivity index (χ4n) is 2.74. The Bertz CT molecular complexity index is 472. The van der Waals surface area contributed by atoms with Crippen molar-refractivity contribution >= 4 is 29.1 Å². The van der Waals surface area contributed by atoms with Crippen molar-refractivity contribution in [3.8, 4) is 0 Å². The number of carbonyl (C=O) groups excluding carboxylic acids is 1. The maximum atomic E-state index is 12.1. The van der Waals surface area contributed by atoms with Gasteiger partial charge >= 0.3 is 0 Å². The Labute approximate surface area is 104 Å². The van der Waals surface area contributed by atoms with E-state index in [1.165, 1.54) is 0 Å². The molecule has 0 bridgehead atoms. The Morgan fingerprint density at radius 3 is 2.75 bits per heavy atom. The number of hydrogen-bond acceptors (Lipinski definition) is 1. The third-order valence-electron chi connectivity index (χ3n) is 3.67. The lowest BCUT2D eigenvalue weighted by atomic mass is 9.69. The molecule has 2 atom stereocenters. The first-order valence-electron chi connectivity index (χ1n) is 5.26. The van der Waals surface area contributed by atoms with Crippen molar-refractivity contribution < 1.29 is 4.79 Å². The SMILES string of the molecule is CN1C(=O)c2ccccc2C2C1CC2(Cl)Cl. The van der Waals surface area contributed by atoms with Crippen LogP contribution in [0.3, 0.4) is 0 Å². The number of hydrogen-bond donors (Lipinski definition) is 0. The smallest absolute Gasteiger partial charge is 0.254 e. The Balaban J connectivity index is 2.17. The topological polar surface area (TPSA) is 20.3 Å². The summed E-state index contributed by atoms with van der Waals surface area (Å²) in [5.74, 6) is 0.121. The molecular weight excluding hydrogens is 245 g/mol. The molecule has 4 heteroatoms. The standard InChI is InChI=1S/C12H11Cl2NO/c1-15-9-6-12(13,14)10(9)7-4-2-3-5-8(7)11(15)16/h2-5,9-10H,6H2,1H3. The monoisotopic (exact) mass is 255 g/mol. The Hall–Kier alpha value is -0.730. The Kier molecular flexibility index (Phi) is 2.05. The number of likely N-dealkylation sites (N-methyl/N-ethyl adjacent to an activating group) is 1. The van der Waals surface area contributed by atoms with Crippen molar-refractivity contribution in [1.82, 2.24) is 4.90 Å². The van der Waals surface area contributed by atoms with Crippen LogP contribution < -0.4 is 0 Å². The number of alkyl halides is 2. The molecule has 3 rings (SSSR count). The number of fused-ring (bicyclic) bond motifs is 3. The lowest BCUT2D eigenvalue weighted by molar-refractivity contribution is 0.0526. The summed E-state index contributed by atoms with van der Waals surface area (Å²) in [4.78, 5) is 13.8. The molecular formula is C12H11Cl2NO. The quantitative estimate of drug-likeness (QED) is 0.653. The van der Waals surface area contributed by atoms with Crippen LogP contribution in [0.25, 0.3) is 0 Å². The highest BCUT2D eigenvalue weighted by Crippen LogP contribution is 2.57. The highest BCUT2D eigenvalue weighted by atomic mass is 35.5. The molecule has 0 aromatic heterocycles. The van der Waals surface area contributed by atoms with Gasteiger partial charge in [0.05, 0.1) is 0 Å². The van der Waals surface area contributed by atoms with Crippen LogP contribution in [0.1, 0.15) is 28.3 Å². The second-order valence-electron chi connectivity index (χ2n) is 4.51. The highest BCUT2D eigenvalue weighted by Gasteiger charge is 2.58. The second kappa shape index (κ2) is 3.14. The van der Waals surface area contributed by atoms with E-state index in [4.69, 9.17) is 23.2 Å². The molecule has 1 fully saturated rings. The van der Waals surface area contributed by atoms with Crippen molar-refractivity contribution in [2.45, 2.75) is 22.7 Å². The van der Waals surface area contributed by atoms with E-state index in [1.807, 2.05) is 31.3 Å². The van der Waals surface area contributed by atoms with Crippen LogP contribution >= 0.6 is 23.2 Å². The molecule has 84 valence electrons. The van der Waals surface area contributed by atoms with E-state index in [1.54, 1.807) is 4.90 Å². The number of nitrogens with zero attached hydrogens (tertiary/aromatic N) is 1. The average molecular weight is 256 g/mol. The molecule has 0 saturated heterocycles. The first kappa shape index (κ1) is 10.4. The molecule has 1 aliphatic carbocycles. The van der Waals surface area contributed by atoms with Gasteiger partial charge in [-0.15, -0.1) is 23.2 Å². The van der Waals surface area contributed by atoms with E-state index in [2.05, 4.69) is 0 Å². The lowest BCUT2D eigenvalue weighted by Gasteiger charge is -2.54. The zero-order chi connectivity index (χ0) is 11.5. The summed E-state index contributed by atoms with van der Waals surface area (Å²) in [6.45, 7) is 0. The molecule has 1 saturated carbocycles. The molecule has 2 unspecified atom stereocenters. The van der Waals surface area contributed by atoms with Gasteiger partial charge in [0.25, 0.3) is 5.91 Å². The van der Waals surface area contributed by atoms with E-state index >= 15 is 0 Å². The molecule has 1 aromatic carbocycles. The molecule has 1 amide bonds.